The first kappa shape index (κ1) is 18.2. The maximum atomic E-state index is 13.4. The van der Waals surface area contributed by atoms with E-state index in [0.717, 1.165) is 24.2 Å². The fraction of sp³-hybridized carbons (Fsp3) is 0.158. The molecule has 1 aromatic heterocycles. The molecule has 0 saturated heterocycles. The first-order valence-electron chi connectivity index (χ1n) is 8.21. The lowest BCUT2D eigenvalue weighted by atomic mass is 10.1. The molecule has 1 heterocycles. The van der Waals surface area contributed by atoms with E-state index in [9.17, 15) is 14.0 Å². The Labute approximate surface area is 168 Å². The molecular formula is C19H13Cl2FN2O2S. The molecule has 1 aliphatic rings. The van der Waals surface area contributed by atoms with E-state index >= 15 is 0 Å². The zero-order valence-corrected chi connectivity index (χ0v) is 16.1. The van der Waals surface area contributed by atoms with Crippen LogP contribution in [0.4, 0.5) is 10.1 Å². The summed E-state index contributed by atoms with van der Waals surface area (Å²) in [6, 6.07) is 9.01. The maximum absolute atomic E-state index is 13.4. The Hall–Kier alpha value is -2.15. The molecular weight excluding hydrogens is 410 g/mol. The van der Waals surface area contributed by atoms with E-state index in [4.69, 9.17) is 23.2 Å². The van der Waals surface area contributed by atoms with Crippen LogP contribution in [0.15, 0.2) is 36.4 Å². The highest BCUT2D eigenvalue weighted by molar-refractivity contribution is 7.21. The summed E-state index contributed by atoms with van der Waals surface area (Å²) in [6.07, 6.45) is 1.89. The molecule has 0 atom stereocenters. The SMILES string of the molecule is O=C(NC1CC1)c1cc(Cl)ccc1NC(=O)c1sc2cc(F)ccc2c1Cl. The average molecular weight is 423 g/mol. The van der Waals surface area contributed by atoms with Crippen molar-refractivity contribution in [3.63, 3.8) is 0 Å². The van der Waals surface area contributed by atoms with Crippen molar-refractivity contribution in [2.75, 3.05) is 5.32 Å². The van der Waals surface area contributed by atoms with Gasteiger partial charge >= 0.3 is 0 Å². The molecule has 1 fully saturated rings. The number of carbonyl (C=O) groups excluding carboxylic acids is 2. The highest BCUT2D eigenvalue weighted by Crippen LogP contribution is 2.36. The standard InChI is InChI=1S/C19H13Cl2FN2O2S/c20-9-1-6-14(13(7-9)18(25)23-11-3-4-11)24-19(26)17-16(21)12-5-2-10(22)8-15(12)27-17/h1-2,5-8,11H,3-4H2,(H,23,25)(H,24,26). The van der Waals surface area contributed by atoms with E-state index in [-0.39, 0.29) is 27.4 Å². The number of thiophene rings is 1. The fourth-order valence-electron chi connectivity index (χ4n) is 2.67. The summed E-state index contributed by atoms with van der Waals surface area (Å²) in [5.74, 6) is -1.16. The van der Waals surface area contributed by atoms with E-state index in [2.05, 4.69) is 10.6 Å². The topological polar surface area (TPSA) is 58.2 Å². The second kappa shape index (κ2) is 7.11. The minimum absolute atomic E-state index is 0.173. The Morgan fingerprint density at radius 2 is 1.85 bits per heavy atom. The van der Waals surface area contributed by atoms with Crippen molar-refractivity contribution >= 4 is 62.1 Å². The average Bonchev–Trinajstić information content (AvgIpc) is 3.38. The summed E-state index contributed by atoms with van der Waals surface area (Å²) >= 11 is 13.4. The van der Waals surface area contributed by atoms with E-state index in [1.54, 1.807) is 12.1 Å². The zero-order chi connectivity index (χ0) is 19.1. The van der Waals surface area contributed by atoms with Gasteiger partial charge in [-0.15, -0.1) is 11.3 Å². The molecule has 138 valence electrons. The first-order valence-corrected chi connectivity index (χ1v) is 9.79. The molecule has 0 aliphatic heterocycles. The lowest BCUT2D eigenvalue weighted by Crippen LogP contribution is -2.27. The zero-order valence-electron chi connectivity index (χ0n) is 13.8. The number of amides is 2. The summed E-state index contributed by atoms with van der Waals surface area (Å²) in [5, 5.41) is 6.85. The van der Waals surface area contributed by atoms with Gasteiger partial charge in [-0.2, -0.15) is 0 Å². The van der Waals surface area contributed by atoms with Crippen molar-refractivity contribution in [1.29, 1.82) is 0 Å². The van der Waals surface area contributed by atoms with Gasteiger partial charge in [-0.25, -0.2) is 4.39 Å². The molecule has 2 amide bonds. The van der Waals surface area contributed by atoms with Gasteiger partial charge in [0.05, 0.1) is 16.3 Å². The predicted molar refractivity (Wildman–Crippen MR) is 107 cm³/mol. The molecule has 4 rings (SSSR count). The molecule has 8 heteroatoms. The minimum Gasteiger partial charge on any atom is -0.349 e. The van der Waals surface area contributed by atoms with Crippen LogP contribution in [0.2, 0.25) is 10.0 Å². The van der Waals surface area contributed by atoms with Gasteiger partial charge in [0.25, 0.3) is 11.8 Å². The number of hydrogen-bond acceptors (Lipinski definition) is 3. The van der Waals surface area contributed by atoms with Crippen LogP contribution in [0.25, 0.3) is 10.1 Å². The van der Waals surface area contributed by atoms with Crippen LogP contribution in [-0.2, 0) is 0 Å². The van der Waals surface area contributed by atoms with Crippen LogP contribution in [0.1, 0.15) is 32.9 Å². The number of anilines is 1. The van der Waals surface area contributed by atoms with Crippen molar-refractivity contribution in [2.45, 2.75) is 18.9 Å². The predicted octanol–water partition coefficient (Wildman–Crippen LogP) is 5.49. The molecule has 4 nitrogen and oxygen atoms in total. The largest absolute Gasteiger partial charge is 0.349 e. The highest BCUT2D eigenvalue weighted by atomic mass is 35.5. The maximum Gasteiger partial charge on any atom is 0.267 e. The Bertz CT molecular complexity index is 1080. The minimum atomic E-state index is -0.468. The van der Waals surface area contributed by atoms with Gasteiger partial charge < -0.3 is 10.6 Å². The molecule has 2 aromatic carbocycles. The molecule has 0 unspecified atom stereocenters. The van der Waals surface area contributed by atoms with Gasteiger partial charge in [0, 0.05) is 21.2 Å². The van der Waals surface area contributed by atoms with Crippen LogP contribution in [-0.4, -0.2) is 17.9 Å². The van der Waals surface area contributed by atoms with Crippen LogP contribution in [0.5, 0.6) is 0 Å². The Kier molecular flexibility index (Phi) is 4.80. The van der Waals surface area contributed by atoms with E-state index in [0.29, 0.717) is 20.8 Å². The third-order valence-corrected chi connectivity index (χ3v) is 6.08. The van der Waals surface area contributed by atoms with Gasteiger partial charge in [0.2, 0.25) is 0 Å². The number of fused-ring (bicyclic) bond motifs is 1. The number of hydrogen-bond donors (Lipinski definition) is 2. The first-order chi connectivity index (χ1) is 12.9. The molecule has 1 aliphatic carbocycles. The molecule has 27 heavy (non-hydrogen) atoms. The number of carbonyl (C=O) groups is 2. The van der Waals surface area contributed by atoms with Gasteiger partial charge in [0.1, 0.15) is 10.7 Å². The van der Waals surface area contributed by atoms with Crippen molar-refractivity contribution in [3.05, 3.63) is 62.7 Å². The molecule has 0 radical (unpaired) electrons. The molecule has 0 bridgehead atoms. The summed E-state index contributed by atoms with van der Waals surface area (Å²) in [5.41, 5.74) is 0.619. The number of halogens is 3. The summed E-state index contributed by atoms with van der Waals surface area (Å²) in [6.45, 7) is 0. The second-order valence-electron chi connectivity index (χ2n) is 6.28. The summed E-state index contributed by atoms with van der Waals surface area (Å²) in [7, 11) is 0. The normalized spacial score (nSPS) is 13.6. The molecule has 2 N–H and O–H groups in total. The molecule has 1 saturated carbocycles. The molecule has 0 spiro atoms. The van der Waals surface area contributed by atoms with E-state index in [1.165, 1.54) is 24.3 Å². The summed E-state index contributed by atoms with van der Waals surface area (Å²) in [4.78, 5) is 25.4. The summed E-state index contributed by atoms with van der Waals surface area (Å²) < 4.78 is 14.0. The van der Waals surface area contributed by atoms with Gasteiger partial charge in [-0.05, 0) is 49.2 Å². The lowest BCUT2D eigenvalue weighted by molar-refractivity contribution is 0.0952. The van der Waals surface area contributed by atoms with Crippen LogP contribution >= 0.6 is 34.5 Å². The Morgan fingerprint density at radius 1 is 1.07 bits per heavy atom. The van der Waals surface area contributed by atoms with Gasteiger partial charge in [-0.3, -0.25) is 9.59 Å². The van der Waals surface area contributed by atoms with E-state index in [1.807, 2.05) is 0 Å². The second-order valence-corrected chi connectivity index (χ2v) is 8.14. The fourth-order valence-corrected chi connectivity index (χ4v) is 4.28. The third-order valence-electron chi connectivity index (χ3n) is 4.18. The number of benzene rings is 2. The van der Waals surface area contributed by atoms with Gasteiger partial charge in [0.15, 0.2) is 0 Å². The third kappa shape index (κ3) is 3.78. The number of rotatable bonds is 4. The highest BCUT2D eigenvalue weighted by Gasteiger charge is 2.26. The molecule has 3 aromatic rings. The van der Waals surface area contributed by atoms with Crippen LogP contribution in [0, 0.1) is 5.82 Å². The smallest absolute Gasteiger partial charge is 0.267 e. The number of nitrogens with one attached hydrogen (secondary N) is 2. The lowest BCUT2D eigenvalue weighted by Gasteiger charge is -2.11. The van der Waals surface area contributed by atoms with Crippen LogP contribution in [0.3, 0.4) is 0 Å². The van der Waals surface area contributed by atoms with Crippen molar-refractivity contribution in [1.82, 2.24) is 5.32 Å². The monoisotopic (exact) mass is 422 g/mol. The van der Waals surface area contributed by atoms with Gasteiger partial charge in [-0.1, -0.05) is 23.2 Å². The van der Waals surface area contributed by atoms with Crippen molar-refractivity contribution < 1.29 is 14.0 Å². The quantitative estimate of drug-likeness (QED) is 0.583. The van der Waals surface area contributed by atoms with Crippen molar-refractivity contribution in [3.8, 4) is 0 Å². The van der Waals surface area contributed by atoms with E-state index < -0.39 is 11.7 Å². The Balaban J connectivity index is 1.65. The van der Waals surface area contributed by atoms with Crippen molar-refractivity contribution in [2.24, 2.45) is 0 Å². The van der Waals surface area contributed by atoms with Crippen LogP contribution < -0.4 is 10.6 Å². The Morgan fingerprint density at radius 3 is 2.59 bits per heavy atom.